The highest BCUT2D eigenvalue weighted by atomic mass is 32.1. The number of aromatic nitrogens is 2. The summed E-state index contributed by atoms with van der Waals surface area (Å²) in [5.74, 6) is -1.17. The van der Waals surface area contributed by atoms with Gasteiger partial charge in [0.05, 0.1) is 10.6 Å². The lowest BCUT2D eigenvalue weighted by Crippen LogP contribution is -2.21. The van der Waals surface area contributed by atoms with Gasteiger partial charge >= 0.3 is 7.60 Å². The maximum atomic E-state index is 12.4. The topological polar surface area (TPSA) is 87.4 Å². The molecule has 0 fully saturated rings. The minimum Gasteiger partial charge on any atom is -0.323 e. The first-order valence-corrected chi connectivity index (χ1v) is 11.6. The molecule has 0 aliphatic heterocycles. The van der Waals surface area contributed by atoms with E-state index in [-0.39, 0.29) is 0 Å². The Bertz CT molecular complexity index is 1110. The van der Waals surface area contributed by atoms with E-state index in [0.29, 0.717) is 17.8 Å². The Kier molecular flexibility index (Phi) is 5.76. The van der Waals surface area contributed by atoms with E-state index in [4.69, 9.17) is 0 Å². The second kappa shape index (κ2) is 8.45. The molecule has 148 valence electrons. The van der Waals surface area contributed by atoms with E-state index in [1.807, 2.05) is 78.2 Å². The van der Waals surface area contributed by atoms with Crippen LogP contribution in [-0.2, 0) is 11.1 Å². The molecule has 3 N–H and O–H groups in total. The Balaban J connectivity index is 1.76. The van der Waals surface area contributed by atoms with Gasteiger partial charge in [0.1, 0.15) is 11.5 Å². The van der Waals surface area contributed by atoms with Gasteiger partial charge in [0.15, 0.2) is 0 Å². The monoisotopic (exact) mass is 425 g/mol. The van der Waals surface area contributed by atoms with E-state index in [2.05, 4.69) is 10.4 Å². The van der Waals surface area contributed by atoms with Crippen LogP contribution in [0.15, 0.2) is 84.4 Å². The number of hydrogen-bond acceptors (Lipinski definition) is 4. The van der Waals surface area contributed by atoms with Crippen molar-refractivity contribution in [1.82, 2.24) is 15.1 Å². The van der Waals surface area contributed by atoms with Crippen molar-refractivity contribution in [3.05, 3.63) is 95.5 Å². The number of para-hydroxylation sites is 1. The van der Waals surface area contributed by atoms with E-state index in [9.17, 15) is 14.4 Å². The predicted octanol–water partition coefficient (Wildman–Crippen LogP) is 4.57. The van der Waals surface area contributed by atoms with Crippen molar-refractivity contribution in [3.8, 4) is 16.3 Å². The van der Waals surface area contributed by atoms with Crippen molar-refractivity contribution in [2.45, 2.75) is 12.3 Å². The van der Waals surface area contributed by atoms with E-state index >= 15 is 0 Å². The zero-order chi connectivity index (χ0) is 20.3. The van der Waals surface area contributed by atoms with Crippen molar-refractivity contribution >= 4 is 18.9 Å². The van der Waals surface area contributed by atoms with Gasteiger partial charge in [0.2, 0.25) is 0 Å². The zero-order valence-corrected chi connectivity index (χ0v) is 17.1. The standard InChI is InChI=1S/C21H20N3O3PS/c25-28(26,27)21(22-14-16-8-3-1-4-9-16)18-15-24(17-10-5-2-6-11-17)23-20(18)19-12-7-13-29-19/h1-13,15,21-22H,14H2,(H2,25,26,27)/t21-/m0/s1. The van der Waals surface area contributed by atoms with Crippen molar-refractivity contribution < 1.29 is 14.4 Å². The molecule has 0 aliphatic carbocycles. The predicted molar refractivity (Wildman–Crippen MR) is 115 cm³/mol. The summed E-state index contributed by atoms with van der Waals surface area (Å²) in [5.41, 5.74) is 2.81. The van der Waals surface area contributed by atoms with Crippen LogP contribution in [0, 0.1) is 0 Å². The third-order valence-electron chi connectivity index (χ3n) is 4.49. The molecule has 4 rings (SSSR count). The Labute approximate surface area is 172 Å². The van der Waals surface area contributed by atoms with Crippen LogP contribution in [0.5, 0.6) is 0 Å². The number of thiophene rings is 1. The van der Waals surface area contributed by atoms with Crippen LogP contribution in [0.2, 0.25) is 0 Å². The average molecular weight is 425 g/mol. The lowest BCUT2D eigenvalue weighted by Gasteiger charge is -2.20. The average Bonchev–Trinajstić information content (AvgIpc) is 3.39. The number of nitrogens with one attached hydrogen (secondary N) is 1. The summed E-state index contributed by atoms with van der Waals surface area (Å²) in [5, 5.41) is 9.62. The van der Waals surface area contributed by atoms with Gasteiger partial charge in [-0.1, -0.05) is 54.6 Å². The van der Waals surface area contributed by atoms with Crippen LogP contribution in [-0.4, -0.2) is 19.6 Å². The first kappa shape index (κ1) is 19.8. The third kappa shape index (κ3) is 4.56. The summed E-state index contributed by atoms with van der Waals surface area (Å²) >= 11 is 1.48. The van der Waals surface area contributed by atoms with Crippen LogP contribution in [0.3, 0.4) is 0 Å². The van der Waals surface area contributed by atoms with Gasteiger partial charge in [0.25, 0.3) is 0 Å². The summed E-state index contributed by atoms with van der Waals surface area (Å²) in [4.78, 5) is 21.1. The Morgan fingerprint density at radius 3 is 2.31 bits per heavy atom. The molecule has 2 aromatic carbocycles. The second-order valence-corrected chi connectivity index (χ2v) is 9.19. The highest BCUT2D eigenvalue weighted by molar-refractivity contribution is 7.52. The fourth-order valence-corrected chi connectivity index (χ4v) is 4.74. The van der Waals surface area contributed by atoms with Crippen molar-refractivity contribution in [2.75, 3.05) is 0 Å². The van der Waals surface area contributed by atoms with Gasteiger partial charge in [-0.2, -0.15) is 5.10 Å². The Hall–Kier alpha value is -2.54. The van der Waals surface area contributed by atoms with Crippen molar-refractivity contribution in [3.63, 3.8) is 0 Å². The maximum absolute atomic E-state index is 12.4. The molecule has 2 aromatic heterocycles. The molecular weight excluding hydrogens is 405 g/mol. The van der Waals surface area contributed by atoms with Crippen LogP contribution in [0.4, 0.5) is 0 Å². The minimum absolute atomic E-state index is 0.330. The molecule has 0 saturated carbocycles. The molecular formula is C21H20N3O3PS. The van der Waals surface area contributed by atoms with Crippen LogP contribution >= 0.6 is 18.9 Å². The first-order chi connectivity index (χ1) is 14.0. The molecule has 0 aliphatic rings. The fourth-order valence-electron chi connectivity index (χ4n) is 3.13. The molecule has 0 saturated heterocycles. The Morgan fingerprint density at radius 1 is 1.00 bits per heavy atom. The van der Waals surface area contributed by atoms with Gasteiger partial charge < -0.3 is 9.79 Å². The van der Waals surface area contributed by atoms with Gasteiger partial charge in [-0.15, -0.1) is 11.3 Å². The van der Waals surface area contributed by atoms with Gasteiger partial charge in [0, 0.05) is 18.3 Å². The van der Waals surface area contributed by atoms with Crippen molar-refractivity contribution in [1.29, 1.82) is 0 Å². The largest absolute Gasteiger partial charge is 0.346 e. The summed E-state index contributed by atoms with van der Waals surface area (Å²) < 4.78 is 14.1. The highest BCUT2D eigenvalue weighted by Gasteiger charge is 2.34. The number of nitrogens with zero attached hydrogens (tertiary/aromatic N) is 2. The molecule has 2 heterocycles. The van der Waals surface area contributed by atoms with E-state index in [0.717, 1.165) is 16.1 Å². The Morgan fingerprint density at radius 2 is 1.69 bits per heavy atom. The van der Waals surface area contributed by atoms with E-state index in [1.54, 1.807) is 10.9 Å². The minimum atomic E-state index is -4.50. The van der Waals surface area contributed by atoms with Gasteiger partial charge in [-0.3, -0.25) is 9.88 Å². The number of benzene rings is 2. The fraction of sp³-hybridized carbons (Fsp3) is 0.0952. The maximum Gasteiger partial charge on any atom is 0.346 e. The molecule has 8 heteroatoms. The lowest BCUT2D eigenvalue weighted by molar-refractivity contribution is 0.347. The zero-order valence-electron chi connectivity index (χ0n) is 15.4. The first-order valence-electron chi connectivity index (χ1n) is 9.04. The van der Waals surface area contributed by atoms with Crippen LogP contribution in [0.1, 0.15) is 16.9 Å². The smallest absolute Gasteiger partial charge is 0.323 e. The van der Waals surface area contributed by atoms with Crippen LogP contribution in [0.25, 0.3) is 16.3 Å². The molecule has 6 nitrogen and oxygen atoms in total. The third-order valence-corrected chi connectivity index (χ3v) is 6.50. The summed E-state index contributed by atoms with van der Waals surface area (Å²) in [6.45, 7) is 0.330. The molecule has 0 unspecified atom stereocenters. The van der Waals surface area contributed by atoms with Crippen molar-refractivity contribution in [2.24, 2.45) is 0 Å². The second-order valence-electron chi connectivity index (χ2n) is 6.55. The highest BCUT2D eigenvalue weighted by Crippen LogP contribution is 2.52. The molecule has 29 heavy (non-hydrogen) atoms. The summed E-state index contributed by atoms with van der Waals surface area (Å²) in [7, 11) is -4.50. The normalized spacial score (nSPS) is 12.8. The quantitative estimate of drug-likeness (QED) is 0.378. The molecule has 0 amide bonds. The molecule has 1 atom stereocenters. The summed E-state index contributed by atoms with van der Waals surface area (Å²) in [6, 6.07) is 22.8. The number of hydrogen-bond donors (Lipinski definition) is 3. The summed E-state index contributed by atoms with van der Waals surface area (Å²) in [6.07, 6.45) is 1.70. The molecule has 0 radical (unpaired) electrons. The van der Waals surface area contributed by atoms with Crippen LogP contribution < -0.4 is 5.32 Å². The van der Waals surface area contributed by atoms with Gasteiger partial charge in [-0.25, -0.2) is 4.68 Å². The van der Waals surface area contributed by atoms with E-state index in [1.165, 1.54) is 11.3 Å². The van der Waals surface area contributed by atoms with Gasteiger partial charge in [-0.05, 0) is 29.1 Å². The molecule has 4 aromatic rings. The molecule has 0 spiro atoms. The molecule has 0 bridgehead atoms. The lowest BCUT2D eigenvalue weighted by atomic mass is 10.2. The van der Waals surface area contributed by atoms with E-state index < -0.39 is 13.4 Å². The SMILES string of the molecule is O=P(O)(O)[C@H](NCc1ccccc1)c1cn(-c2ccccc2)nc1-c1cccs1. The number of rotatable bonds is 7.